The van der Waals surface area contributed by atoms with Crippen molar-refractivity contribution >= 4 is 5.97 Å². The van der Waals surface area contributed by atoms with Gasteiger partial charge in [0.05, 0.1) is 12.5 Å². The largest absolute Gasteiger partial charge is 0.466 e. The van der Waals surface area contributed by atoms with Crippen LogP contribution in [-0.2, 0) is 9.53 Å². The number of esters is 1. The average Bonchev–Trinajstić information content (AvgIpc) is 2.62. The Kier molecular flexibility index (Phi) is 6.81. The standard InChI is InChI=1S/C23H30O2/c1-4-25-21(24)20(2)12-8-5-6-9-13-22(3)16-18-23(19-17-22)14-10-7-11-15-23/h5,8-11,13-20H,4,6-7,12H2,1-3H3/b8-5+,13-9-. The van der Waals surface area contributed by atoms with Crippen LogP contribution in [0, 0.1) is 16.7 Å². The van der Waals surface area contributed by atoms with Gasteiger partial charge >= 0.3 is 5.97 Å². The van der Waals surface area contributed by atoms with E-state index in [0.29, 0.717) is 6.61 Å². The van der Waals surface area contributed by atoms with Gasteiger partial charge in [0.15, 0.2) is 0 Å². The van der Waals surface area contributed by atoms with Crippen LogP contribution < -0.4 is 0 Å². The summed E-state index contributed by atoms with van der Waals surface area (Å²) in [7, 11) is 0. The van der Waals surface area contributed by atoms with Crippen LogP contribution in [-0.4, -0.2) is 12.6 Å². The molecule has 0 fully saturated rings. The molecule has 2 nitrogen and oxygen atoms in total. The Hall–Kier alpha value is -2.09. The highest BCUT2D eigenvalue weighted by Gasteiger charge is 2.26. The van der Waals surface area contributed by atoms with Crippen molar-refractivity contribution in [2.24, 2.45) is 16.7 Å². The number of rotatable bonds is 7. The molecule has 2 aliphatic rings. The molecule has 25 heavy (non-hydrogen) atoms. The monoisotopic (exact) mass is 338 g/mol. The van der Waals surface area contributed by atoms with Crippen LogP contribution in [0.3, 0.4) is 0 Å². The number of carbonyl (C=O) groups excluding carboxylic acids is 1. The van der Waals surface area contributed by atoms with Gasteiger partial charge < -0.3 is 4.74 Å². The minimum Gasteiger partial charge on any atom is -0.466 e. The summed E-state index contributed by atoms with van der Waals surface area (Å²) in [6.07, 6.45) is 29.3. The van der Waals surface area contributed by atoms with E-state index >= 15 is 0 Å². The van der Waals surface area contributed by atoms with Crippen LogP contribution in [0.25, 0.3) is 0 Å². The van der Waals surface area contributed by atoms with Crippen LogP contribution >= 0.6 is 0 Å². The highest BCUT2D eigenvalue weighted by molar-refractivity contribution is 5.72. The Labute approximate surface area is 152 Å². The zero-order valence-electron chi connectivity index (χ0n) is 15.7. The fraction of sp³-hybridized carbons (Fsp3) is 0.435. The second-order valence-corrected chi connectivity index (χ2v) is 7.07. The Morgan fingerprint density at radius 1 is 1.08 bits per heavy atom. The summed E-state index contributed by atoms with van der Waals surface area (Å²) in [6, 6.07) is 0. The molecule has 0 bridgehead atoms. The third-order valence-corrected chi connectivity index (χ3v) is 4.64. The lowest BCUT2D eigenvalue weighted by Crippen LogP contribution is -2.18. The van der Waals surface area contributed by atoms with E-state index in [-0.39, 0.29) is 22.7 Å². The minimum absolute atomic E-state index is 0.0191. The van der Waals surface area contributed by atoms with Crippen molar-refractivity contribution in [3.63, 3.8) is 0 Å². The van der Waals surface area contributed by atoms with Crippen molar-refractivity contribution in [1.82, 2.24) is 0 Å². The number of allylic oxidation sites excluding steroid dienone is 12. The first-order valence-corrected chi connectivity index (χ1v) is 9.24. The van der Waals surface area contributed by atoms with Crippen molar-refractivity contribution in [3.05, 3.63) is 72.9 Å². The zero-order valence-corrected chi connectivity index (χ0v) is 15.7. The maximum absolute atomic E-state index is 11.5. The van der Waals surface area contributed by atoms with E-state index in [1.165, 1.54) is 0 Å². The highest BCUT2D eigenvalue weighted by Crippen LogP contribution is 2.38. The van der Waals surface area contributed by atoms with Gasteiger partial charge in [-0.05, 0) is 33.1 Å². The molecule has 0 radical (unpaired) electrons. The minimum atomic E-state index is -0.118. The molecule has 0 aromatic rings. The van der Waals surface area contributed by atoms with Gasteiger partial charge in [-0.25, -0.2) is 0 Å². The molecule has 2 rings (SSSR count). The lowest BCUT2D eigenvalue weighted by atomic mass is 9.74. The summed E-state index contributed by atoms with van der Waals surface area (Å²) in [5.41, 5.74) is -0.0504. The van der Waals surface area contributed by atoms with Crippen LogP contribution in [0.1, 0.15) is 40.0 Å². The molecule has 1 atom stereocenters. The SMILES string of the molecule is CCOC(=O)C(C)C/C=C/C/C=C\C1(C)C=CC2(C=CCC=C2)C=C1. The third kappa shape index (κ3) is 5.74. The Morgan fingerprint density at radius 2 is 1.76 bits per heavy atom. The molecular formula is C23H30O2. The maximum Gasteiger partial charge on any atom is 0.308 e. The van der Waals surface area contributed by atoms with Crippen LogP contribution in [0.5, 0.6) is 0 Å². The molecule has 0 aliphatic heterocycles. The quantitative estimate of drug-likeness (QED) is 0.439. The Balaban J connectivity index is 1.79. The molecule has 2 aliphatic carbocycles. The predicted molar refractivity (Wildman–Crippen MR) is 105 cm³/mol. The Bertz CT molecular complexity index is 600. The van der Waals surface area contributed by atoms with E-state index in [1.807, 2.05) is 13.8 Å². The van der Waals surface area contributed by atoms with Crippen molar-refractivity contribution in [1.29, 1.82) is 0 Å². The fourth-order valence-corrected chi connectivity index (χ4v) is 2.95. The van der Waals surface area contributed by atoms with Gasteiger partial charge in [-0.1, -0.05) is 79.8 Å². The molecule has 0 aromatic carbocycles. The van der Waals surface area contributed by atoms with E-state index in [1.54, 1.807) is 0 Å². The first-order chi connectivity index (χ1) is 12.0. The van der Waals surface area contributed by atoms with Gasteiger partial charge in [0.25, 0.3) is 0 Å². The number of hydrogen-bond donors (Lipinski definition) is 0. The number of ether oxygens (including phenoxy) is 1. The van der Waals surface area contributed by atoms with Gasteiger partial charge in [0.1, 0.15) is 0 Å². The molecule has 0 N–H and O–H groups in total. The smallest absolute Gasteiger partial charge is 0.308 e. The second-order valence-electron chi connectivity index (χ2n) is 7.07. The molecule has 1 spiro atoms. The topological polar surface area (TPSA) is 26.3 Å². The molecule has 134 valence electrons. The maximum atomic E-state index is 11.5. The molecule has 0 heterocycles. The van der Waals surface area contributed by atoms with E-state index < -0.39 is 0 Å². The Morgan fingerprint density at radius 3 is 2.40 bits per heavy atom. The normalized spacial score (nSPS) is 21.4. The molecule has 0 saturated carbocycles. The molecular weight excluding hydrogens is 308 g/mol. The summed E-state index contributed by atoms with van der Waals surface area (Å²) in [5.74, 6) is -0.192. The summed E-state index contributed by atoms with van der Waals surface area (Å²) in [4.78, 5) is 11.5. The van der Waals surface area contributed by atoms with E-state index in [4.69, 9.17) is 4.74 Å². The van der Waals surface area contributed by atoms with Gasteiger partial charge in [-0.3, -0.25) is 4.79 Å². The summed E-state index contributed by atoms with van der Waals surface area (Å²) in [6.45, 7) is 6.40. The fourth-order valence-electron chi connectivity index (χ4n) is 2.95. The van der Waals surface area contributed by atoms with Crippen LogP contribution in [0.2, 0.25) is 0 Å². The second kappa shape index (κ2) is 8.84. The van der Waals surface area contributed by atoms with Crippen molar-refractivity contribution in [3.8, 4) is 0 Å². The average molecular weight is 338 g/mol. The van der Waals surface area contributed by atoms with Crippen molar-refractivity contribution in [2.75, 3.05) is 6.61 Å². The third-order valence-electron chi connectivity index (χ3n) is 4.64. The van der Waals surface area contributed by atoms with E-state index in [0.717, 1.165) is 19.3 Å². The molecule has 2 heteroatoms. The highest BCUT2D eigenvalue weighted by atomic mass is 16.5. The van der Waals surface area contributed by atoms with E-state index in [9.17, 15) is 4.79 Å². The van der Waals surface area contributed by atoms with Gasteiger partial charge in [0, 0.05) is 10.8 Å². The van der Waals surface area contributed by atoms with E-state index in [2.05, 4.69) is 79.8 Å². The lowest BCUT2D eigenvalue weighted by Gasteiger charge is -2.30. The van der Waals surface area contributed by atoms with Gasteiger partial charge in [0.2, 0.25) is 0 Å². The van der Waals surface area contributed by atoms with Crippen molar-refractivity contribution in [2.45, 2.75) is 40.0 Å². The summed E-state index contributed by atoms with van der Waals surface area (Å²) < 4.78 is 5.01. The van der Waals surface area contributed by atoms with Crippen LogP contribution in [0.4, 0.5) is 0 Å². The molecule has 0 amide bonds. The van der Waals surface area contributed by atoms with Gasteiger partial charge in [-0.2, -0.15) is 0 Å². The molecule has 0 saturated heterocycles. The van der Waals surface area contributed by atoms with Crippen molar-refractivity contribution < 1.29 is 9.53 Å². The zero-order chi connectivity index (χ0) is 18.2. The first kappa shape index (κ1) is 19.2. The first-order valence-electron chi connectivity index (χ1n) is 9.24. The predicted octanol–water partition coefficient (Wildman–Crippen LogP) is 5.71. The molecule has 1 unspecified atom stereocenters. The summed E-state index contributed by atoms with van der Waals surface area (Å²) >= 11 is 0. The molecule has 0 aromatic heterocycles. The number of carbonyl (C=O) groups is 1. The number of hydrogen-bond acceptors (Lipinski definition) is 2. The van der Waals surface area contributed by atoms with Gasteiger partial charge in [-0.15, -0.1) is 0 Å². The van der Waals surface area contributed by atoms with Crippen LogP contribution in [0.15, 0.2) is 72.9 Å². The lowest BCUT2D eigenvalue weighted by molar-refractivity contribution is -0.147. The summed E-state index contributed by atoms with van der Waals surface area (Å²) in [5, 5.41) is 0.